The van der Waals surface area contributed by atoms with Crippen LogP contribution in [0, 0.1) is 11.3 Å². The molecule has 0 fully saturated rings. The minimum absolute atomic E-state index is 0.303. The number of nitrogens with zero attached hydrogens (tertiary/aromatic N) is 2. The molecule has 0 spiro atoms. The third kappa shape index (κ3) is 4.88. The van der Waals surface area contributed by atoms with Gasteiger partial charge in [-0.15, -0.1) is 11.3 Å². The van der Waals surface area contributed by atoms with Crippen molar-refractivity contribution in [1.82, 2.24) is 9.97 Å². The van der Waals surface area contributed by atoms with Gasteiger partial charge < -0.3 is 15.0 Å². The summed E-state index contributed by atoms with van der Waals surface area (Å²) in [4.78, 5) is 35.2. The Kier molecular flexibility index (Phi) is 6.89. The number of H-pyrrole nitrogens is 1. The van der Waals surface area contributed by atoms with Crippen molar-refractivity contribution in [2.24, 2.45) is 0 Å². The van der Waals surface area contributed by atoms with E-state index >= 15 is 0 Å². The fourth-order valence-electron chi connectivity index (χ4n) is 5.24. The number of rotatable bonds is 6. The number of esters is 1. The Morgan fingerprint density at radius 2 is 1.82 bits per heavy atom. The van der Waals surface area contributed by atoms with E-state index in [2.05, 4.69) is 33.5 Å². The fourth-order valence-corrected chi connectivity index (χ4v) is 6.52. The van der Waals surface area contributed by atoms with Crippen molar-refractivity contribution < 1.29 is 14.3 Å². The van der Waals surface area contributed by atoms with Crippen LogP contribution in [0.2, 0.25) is 0 Å². The number of carbonyl (C=O) groups is 2. The van der Waals surface area contributed by atoms with E-state index in [1.165, 1.54) is 23.8 Å². The third-order valence-corrected chi connectivity index (χ3v) is 8.50. The fraction of sp³-hybridized carbons (Fsp3) is 0.188. The number of aromatic amines is 1. The molecule has 2 heterocycles. The monoisotopic (exact) mass is 546 g/mol. The molecule has 198 valence electrons. The molecule has 1 aliphatic carbocycles. The molecule has 2 aromatic heterocycles. The van der Waals surface area contributed by atoms with Gasteiger partial charge in [0.05, 0.1) is 22.2 Å². The summed E-state index contributed by atoms with van der Waals surface area (Å²) in [5, 5.41) is 13.3. The van der Waals surface area contributed by atoms with Crippen molar-refractivity contribution >= 4 is 39.2 Å². The predicted molar refractivity (Wildman–Crippen MR) is 155 cm³/mol. The number of nitriles is 1. The second-order valence-corrected chi connectivity index (χ2v) is 11.0. The largest absolute Gasteiger partial charge is 0.449 e. The van der Waals surface area contributed by atoms with Crippen molar-refractivity contribution in [1.29, 1.82) is 5.26 Å². The number of hydrogen-bond donors (Lipinski definition) is 2. The van der Waals surface area contributed by atoms with Gasteiger partial charge in [-0.05, 0) is 61.4 Å². The summed E-state index contributed by atoms with van der Waals surface area (Å²) in [5.41, 5.74) is 5.34. The number of thiophene rings is 1. The number of ether oxygens (including phenoxy) is 1. The third-order valence-electron chi connectivity index (χ3n) is 7.33. The highest BCUT2D eigenvalue weighted by molar-refractivity contribution is 7.16. The summed E-state index contributed by atoms with van der Waals surface area (Å²) in [6, 6.07) is 27.3. The Balaban J connectivity index is 1.17. The zero-order chi connectivity index (χ0) is 27.6. The number of carbonyl (C=O) groups excluding carboxylic acids is 2. The number of amides is 1. The molecule has 5 aromatic rings. The summed E-state index contributed by atoms with van der Waals surface area (Å²) in [6.07, 6.45) is 1.50. The average Bonchev–Trinajstić information content (AvgIpc) is 3.58. The van der Waals surface area contributed by atoms with Gasteiger partial charge >= 0.3 is 5.97 Å². The smallest absolute Gasteiger partial charge is 0.339 e. The van der Waals surface area contributed by atoms with E-state index in [-0.39, 0.29) is 0 Å². The number of anilines is 1. The average molecular weight is 547 g/mol. The van der Waals surface area contributed by atoms with Gasteiger partial charge in [-0.3, -0.25) is 4.79 Å². The van der Waals surface area contributed by atoms with E-state index < -0.39 is 18.0 Å². The SMILES string of the molecule is CC(OC(=O)c1ccccc1-c1nc2ccccc2[nH]1)C(=O)Nc1sc2c(c1C#N)CCC(c1ccccc1)C2. The Hall–Kier alpha value is -4.74. The van der Waals surface area contributed by atoms with Gasteiger partial charge in [0.1, 0.15) is 16.9 Å². The van der Waals surface area contributed by atoms with Gasteiger partial charge in [0.25, 0.3) is 5.91 Å². The van der Waals surface area contributed by atoms with Gasteiger partial charge in [0.15, 0.2) is 6.10 Å². The predicted octanol–water partition coefficient (Wildman–Crippen LogP) is 6.62. The molecule has 6 rings (SSSR count). The second-order valence-electron chi connectivity index (χ2n) is 9.86. The molecule has 2 atom stereocenters. The first kappa shape index (κ1) is 25.5. The molecule has 0 bridgehead atoms. The van der Waals surface area contributed by atoms with Crippen molar-refractivity contribution in [3.63, 3.8) is 0 Å². The minimum atomic E-state index is -1.07. The molecule has 0 saturated carbocycles. The van der Waals surface area contributed by atoms with Gasteiger partial charge in [-0.25, -0.2) is 9.78 Å². The van der Waals surface area contributed by atoms with E-state index in [9.17, 15) is 14.9 Å². The van der Waals surface area contributed by atoms with E-state index in [0.717, 1.165) is 40.7 Å². The maximum atomic E-state index is 13.2. The number of nitrogens with one attached hydrogen (secondary N) is 2. The van der Waals surface area contributed by atoms with Crippen molar-refractivity contribution in [2.45, 2.75) is 38.2 Å². The van der Waals surface area contributed by atoms with E-state index in [0.29, 0.717) is 33.4 Å². The number of para-hydroxylation sites is 2. The van der Waals surface area contributed by atoms with Crippen molar-refractivity contribution in [3.05, 3.63) is 106 Å². The summed E-state index contributed by atoms with van der Waals surface area (Å²) in [6.45, 7) is 1.53. The Morgan fingerprint density at radius 1 is 1.07 bits per heavy atom. The number of imidazole rings is 1. The molecule has 0 radical (unpaired) electrons. The lowest BCUT2D eigenvalue weighted by atomic mass is 9.83. The van der Waals surface area contributed by atoms with Crippen LogP contribution in [-0.2, 0) is 22.4 Å². The molecule has 2 unspecified atom stereocenters. The Bertz CT molecular complexity index is 1730. The maximum Gasteiger partial charge on any atom is 0.339 e. The number of fused-ring (bicyclic) bond motifs is 2. The lowest BCUT2D eigenvalue weighted by Crippen LogP contribution is -2.30. The standard InChI is InChI=1S/C32H26N4O3S/c1-19(39-32(38)24-12-6-5-11-23(24)29-34-26-13-7-8-14-27(26)35-29)30(37)36-31-25(18-33)22-16-15-21(17-28(22)40-31)20-9-3-2-4-10-20/h2-14,19,21H,15-17H2,1H3,(H,34,35)(H,36,37). The summed E-state index contributed by atoms with van der Waals surface area (Å²) >= 11 is 1.44. The van der Waals surface area contributed by atoms with Crippen LogP contribution in [0.1, 0.15) is 51.2 Å². The molecule has 40 heavy (non-hydrogen) atoms. The van der Waals surface area contributed by atoms with Crippen LogP contribution >= 0.6 is 11.3 Å². The van der Waals surface area contributed by atoms with E-state index in [1.807, 2.05) is 48.5 Å². The van der Waals surface area contributed by atoms with Crippen LogP contribution in [0.15, 0.2) is 78.9 Å². The highest BCUT2D eigenvalue weighted by Crippen LogP contribution is 2.42. The summed E-state index contributed by atoms with van der Waals surface area (Å²) < 4.78 is 5.59. The lowest BCUT2D eigenvalue weighted by molar-refractivity contribution is -0.123. The number of hydrogen-bond acceptors (Lipinski definition) is 6. The molecule has 1 amide bonds. The van der Waals surface area contributed by atoms with Crippen LogP contribution in [0.25, 0.3) is 22.4 Å². The van der Waals surface area contributed by atoms with Gasteiger partial charge in [0, 0.05) is 10.4 Å². The maximum absolute atomic E-state index is 13.2. The van der Waals surface area contributed by atoms with Crippen LogP contribution in [0.3, 0.4) is 0 Å². The number of benzene rings is 3. The van der Waals surface area contributed by atoms with E-state index in [1.54, 1.807) is 18.2 Å². The summed E-state index contributed by atoms with van der Waals surface area (Å²) in [5.74, 6) is -0.184. The second kappa shape index (κ2) is 10.8. The Labute approximate surface area is 235 Å². The topological polar surface area (TPSA) is 108 Å². The van der Waals surface area contributed by atoms with Gasteiger partial charge in [-0.2, -0.15) is 5.26 Å². The zero-order valence-corrected chi connectivity index (χ0v) is 22.6. The van der Waals surface area contributed by atoms with Crippen LogP contribution < -0.4 is 5.32 Å². The highest BCUT2D eigenvalue weighted by atomic mass is 32.1. The first-order chi connectivity index (χ1) is 19.5. The molecule has 7 nitrogen and oxygen atoms in total. The Morgan fingerprint density at radius 3 is 2.62 bits per heavy atom. The van der Waals surface area contributed by atoms with Crippen LogP contribution in [0.5, 0.6) is 0 Å². The molecule has 2 N–H and O–H groups in total. The molecule has 8 heteroatoms. The first-order valence-electron chi connectivity index (χ1n) is 13.2. The molecule has 3 aromatic carbocycles. The molecule has 1 aliphatic rings. The quantitative estimate of drug-likeness (QED) is 0.233. The molecule has 0 saturated heterocycles. The van der Waals surface area contributed by atoms with Crippen LogP contribution in [0.4, 0.5) is 5.00 Å². The first-order valence-corrected chi connectivity index (χ1v) is 14.0. The highest BCUT2D eigenvalue weighted by Gasteiger charge is 2.29. The van der Waals surface area contributed by atoms with Gasteiger partial charge in [0.2, 0.25) is 0 Å². The normalized spacial score (nSPS) is 15.2. The zero-order valence-electron chi connectivity index (χ0n) is 21.8. The molecular weight excluding hydrogens is 520 g/mol. The van der Waals surface area contributed by atoms with Gasteiger partial charge in [-0.1, -0.05) is 60.7 Å². The number of aromatic nitrogens is 2. The summed E-state index contributed by atoms with van der Waals surface area (Å²) in [7, 11) is 0. The minimum Gasteiger partial charge on any atom is -0.449 e. The lowest BCUT2D eigenvalue weighted by Gasteiger charge is -2.22. The van der Waals surface area contributed by atoms with Crippen LogP contribution in [-0.4, -0.2) is 27.9 Å². The molecular formula is C32H26N4O3S. The van der Waals surface area contributed by atoms with Crippen molar-refractivity contribution in [2.75, 3.05) is 5.32 Å². The van der Waals surface area contributed by atoms with E-state index in [4.69, 9.17) is 4.74 Å². The van der Waals surface area contributed by atoms with Crippen molar-refractivity contribution in [3.8, 4) is 17.5 Å². The molecule has 0 aliphatic heterocycles.